The maximum atomic E-state index is 12.4. The second-order valence-corrected chi connectivity index (χ2v) is 5.94. The number of rotatable bonds is 7. The molecular formula is C15H17ClN2O2S. The zero-order chi connectivity index (χ0) is 15.2. The maximum absolute atomic E-state index is 12.4. The molecule has 0 aliphatic carbocycles. The van der Waals surface area contributed by atoms with Crippen LogP contribution in [0.3, 0.4) is 0 Å². The molecule has 0 unspecified atom stereocenters. The molecule has 2 rings (SSSR count). The van der Waals surface area contributed by atoms with Crippen molar-refractivity contribution in [2.75, 3.05) is 12.9 Å². The van der Waals surface area contributed by atoms with E-state index in [4.69, 9.17) is 16.3 Å². The number of benzene rings is 1. The van der Waals surface area contributed by atoms with Crippen LogP contribution < -0.4 is 4.74 Å². The molecule has 0 amide bonds. The van der Waals surface area contributed by atoms with Gasteiger partial charge in [-0.15, -0.1) is 11.8 Å². The van der Waals surface area contributed by atoms with Crippen molar-refractivity contribution >= 4 is 29.1 Å². The minimum absolute atomic E-state index is 0.00257. The van der Waals surface area contributed by atoms with Gasteiger partial charge >= 0.3 is 0 Å². The summed E-state index contributed by atoms with van der Waals surface area (Å²) in [5.74, 6) is 0.856. The van der Waals surface area contributed by atoms with Crippen molar-refractivity contribution in [3.05, 3.63) is 41.2 Å². The Morgan fingerprint density at radius 1 is 1.48 bits per heavy atom. The van der Waals surface area contributed by atoms with E-state index < -0.39 is 0 Å². The van der Waals surface area contributed by atoms with Gasteiger partial charge in [-0.25, -0.2) is 0 Å². The summed E-state index contributed by atoms with van der Waals surface area (Å²) in [6, 6.07) is 7.47. The molecule has 0 fully saturated rings. The Bertz CT molecular complexity index is 628. The fourth-order valence-electron chi connectivity index (χ4n) is 1.95. The number of methoxy groups -OCH3 is 1. The number of halogens is 1. The number of carbonyl (C=O) groups is 1. The minimum Gasteiger partial charge on any atom is -0.493 e. The van der Waals surface area contributed by atoms with Crippen LogP contribution in [0.5, 0.6) is 5.75 Å². The number of carbonyl (C=O) groups excluding carboxylic acids is 1. The Morgan fingerprint density at radius 2 is 2.29 bits per heavy atom. The average Bonchev–Trinajstić information content (AvgIpc) is 2.88. The van der Waals surface area contributed by atoms with Gasteiger partial charge in [0, 0.05) is 16.5 Å². The summed E-state index contributed by atoms with van der Waals surface area (Å²) in [6.45, 7) is 2.75. The SMILES string of the molecule is CCCn1ncc(OC)c1C(=O)CSc1cccc(Cl)c1. The van der Waals surface area contributed by atoms with Gasteiger partial charge in [0.15, 0.2) is 11.5 Å². The number of Topliss-reactive ketones (excluding diaryl/α,β-unsaturated/α-hetero) is 1. The first-order chi connectivity index (χ1) is 10.2. The quantitative estimate of drug-likeness (QED) is 0.572. The molecule has 112 valence electrons. The Hall–Kier alpha value is -1.46. The van der Waals surface area contributed by atoms with Gasteiger partial charge in [-0.2, -0.15) is 5.10 Å². The Labute approximate surface area is 133 Å². The van der Waals surface area contributed by atoms with Crippen molar-refractivity contribution in [3.8, 4) is 5.75 Å². The summed E-state index contributed by atoms with van der Waals surface area (Å²) in [5.41, 5.74) is 0.536. The third-order valence-electron chi connectivity index (χ3n) is 2.89. The summed E-state index contributed by atoms with van der Waals surface area (Å²) in [4.78, 5) is 13.4. The van der Waals surface area contributed by atoms with E-state index in [1.54, 1.807) is 18.0 Å². The fourth-order valence-corrected chi connectivity index (χ4v) is 3.03. The molecule has 0 aliphatic heterocycles. The first kappa shape index (κ1) is 15.9. The van der Waals surface area contributed by atoms with Crippen molar-refractivity contribution in [2.45, 2.75) is 24.8 Å². The first-order valence-electron chi connectivity index (χ1n) is 6.67. The zero-order valence-electron chi connectivity index (χ0n) is 12.0. The molecule has 6 heteroatoms. The summed E-state index contributed by atoms with van der Waals surface area (Å²) in [5, 5.41) is 4.88. The van der Waals surface area contributed by atoms with E-state index in [-0.39, 0.29) is 5.78 Å². The Kier molecular flexibility index (Phi) is 5.70. The van der Waals surface area contributed by atoms with E-state index >= 15 is 0 Å². The van der Waals surface area contributed by atoms with Crippen LogP contribution >= 0.6 is 23.4 Å². The van der Waals surface area contributed by atoms with E-state index in [1.165, 1.54) is 11.8 Å². The number of ether oxygens (including phenoxy) is 1. The van der Waals surface area contributed by atoms with Crippen LogP contribution in [-0.4, -0.2) is 28.4 Å². The van der Waals surface area contributed by atoms with Gasteiger partial charge in [0.05, 0.1) is 19.1 Å². The lowest BCUT2D eigenvalue weighted by Crippen LogP contribution is -2.13. The minimum atomic E-state index is 0.00257. The van der Waals surface area contributed by atoms with Crippen LogP contribution in [-0.2, 0) is 6.54 Å². The lowest BCUT2D eigenvalue weighted by atomic mass is 10.3. The van der Waals surface area contributed by atoms with Gasteiger partial charge < -0.3 is 4.74 Å². The number of thioether (sulfide) groups is 1. The van der Waals surface area contributed by atoms with Crippen LogP contribution in [0.2, 0.25) is 5.02 Å². The standard InChI is InChI=1S/C15H17ClN2O2S/c1-3-7-18-15(14(20-2)9-17-18)13(19)10-21-12-6-4-5-11(16)8-12/h4-6,8-9H,3,7,10H2,1-2H3. The predicted molar refractivity (Wildman–Crippen MR) is 85.6 cm³/mol. The molecule has 0 saturated heterocycles. The molecule has 0 atom stereocenters. The zero-order valence-corrected chi connectivity index (χ0v) is 13.6. The molecule has 1 aromatic carbocycles. The van der Waals surface area contributed by atoms with Crippen LogP contribution in [0, 0.1) is 0 Å². The molecule has 1 aromatic heterocycles. The molecule has 0 radical (unpaired) electrons. The van der Waals surface area contributed by atoms with Gasteiger partial charge in [-0.05, 0) is 24.6 Å². The van der Waals surface area contributed by atoms with Gasteiger partial charge in [-0.1, -0.05) is 24.6 Å². The summed E-state index contributed by atoms with van der Waals surface area (Å²) >= 11 is 7.40. The number of aryl methyl sites for hydroxylation is 1. The van der Waals surface area contributed by atoms with Crippen molar-refractivity contribution in [1.82, 2.24) is 9.78 Å². The molecule has 2 aromatic rings. The molecule has 0 bridgehead atoms. The lowest BCUT2D eigenvalue weighted by Gasteiger charge is -2.07. The number of hydrogen-bond acceptors (Lipinski definition) is 4. The second kappa shape index (κ2) is 7.52. The van der Waals surface area contributed by atoms with Gasteiger partial charge in [0.1, 0.15) is 5.69 Å². The molecular weight excluding hydrogens is 308 g/mol. The maximum Gasteiger partial charge on any atom is 0.194 e. The number of hydrogen-bond donors (Lipinski definition) is 0. The van der Waals surface area contributed by atoms with Crippen LogP contribution in [0.1, 0.15) is 23.8 Å². The van der Waals surface area contributed by atoms with E-state index in [0.717, 1.165) is 11.3 Å². The van der Waals surface area contributed by atoms with Crippen molar-refractivity contribution in [3.63, 3.8) is 0 Å². The van der Waals surface area contributed by atoms with Crippen molar-refractivity contribution in [1.29, 1.82) is 0 Å². The molecule has 4 nitrogen and oxygen atoms in total. The first-order valence-corrected chi connectivity index (χ1v) is 8.03. The third kappa shape index (κ3) is 4.02. The highest BCUT2D eigenvalue weighted by atomic mass is 35.5. The van der Waals surface area contributed by atoms with Crippen molar-refractivity contribution < 1.29 is 9.53 Å². The highest BCUT2D eigenvalue weighted by Crippen LogP contribution is 2.25. The van der Waals surface area contributed by atoms with Crippen LogP contribution in [0.15, 0.2) is 35.4 Å². The summed E-state index contributed by atoms with van der Waals surface area (Å²) < 4.78 is 6.94. The molecule has 0 aliphatic rings. The average molecular weight is 325 g/mol. The lowest BCUT2D eigenvalue weighted by molar-refractivity contribution is 0.100. The topological polar surface area (TPSA) is 44.1 Å². The molecule has 21 heavy (non-hydrogen) atoms. The van der Waals surface area contributed by atoms with E-state index in [0.29, 0.717) is 28.8 Å². The summed E-state index contributed by atoms with van der Waals surface area (Å²) in [6.07, 6.45) is 2.50. The molecule has 0 saturated carbocycles. The smallest absolute Gasteiger partial charge is 0.194 e. The Balaban J connectivity index is 2.11. The highest BCUT2D eigenvalue weighted by molar-refractivity contribution is 8.00. The van der Waals surface area contributed by atoms with Gasteiger partial charge in [0.2, 0.25) is 0 Å². The number of ketones is 1. The predicted octanol–water partition coefficient (Wildman–Crippen LogP) is 3.93. The number of aromatic nitrogens is 2. The van der Waals surface area contributed by atoms with Gasteiger partial charge in [0.25, 0.3) is 0 Å². The largest absolute Gasteiger partial charge is 0.493 e. The van der Waals surface area contributed by atoms with Crippen LogP contribution in [0.25, 0.3) is 0 Å². The molecule has 1 heterocycles. The van der Waals surface area contributed by atoms with E-state index in [1.807, 2.05) is 31.2 Å². The third-order valence-corrected chi connectivity index (χ3v) is 4.12. The van der Waals surface area contributed by atoms with Crippen molar-refractivity contribution in [2.24, 2.45) is 0 Å². The van der Waals surface area contributed by atoms with E-state index in [2.05, 4.69) is 5.10 Å². The molecule has 0 N–H and O–H groups in total. The molecule has 0 spiro atoms. The summed E-state index contributed by atoms with van der Waals surface area (Å²) in [7, 11) is 1.55. The van der Waals surface area contributed by atoms with Gasteiger partial charge in [-0.3, -0.25) is 9.48 Å². The number of nitrogens with zero attached hydrogens (tertiary/aromatic N) is 2. The van der Waals surface area contributed by atoms with Crippen LogP contribution in [0.4, 0.5) is 0 Å². The normalized spacial score (nSPS) is 10.6. The second-order valence-electron chi connectivity index (χ2n) is 4.45. The highest BCUT2D eigenvalue weighted by Gasteiger charge is 2.19. The van der Waals surface area contributed by atoms with E-state index in [9.17, 15) is 4.79 Å². The fraction of sp³-hybridized carbons (Fsp3) is 0.333. The monoisotopic (exact) mass is 324 g/mol. The Morgan fingerprint density at radius 3 is 2.95 bits per heavy atom.